The maximum absolute atomic E-state index is 13.7. The van der Waals surface area contributed by atoms with Gasteiger partial charge in [0.2, 0.25) is 0 Å². The first-order chi connectivity index (χ1) is 7.69. The maximum atomic E-state index is 13.7. The summed E-state index contributed by atoms with van der Waals surface area (Å²) in [5.41, 5.74) is 1.59. The minimum atomic E-state index is -0.238. The zero-order valence-corrected chi connectivity index (χ0v) is 10.0. The molecule has 3 heteroatoms. The molecule has 0 saturated carbocycles. The molecule has 0 aromatic heterocycles. The molecule has 0 aliphatic heterocycles. The molecule has 1 aromatic rings. The van der Waals surface area contributed by atoms with Crippen molar-refractivity contribution in [3.05, 3.63) is 35.7 Å². The Morgan fingerprint density at radius 2 is 2.25 bits per heavy atom. The monoisotopic (exact) mass is 223 g/mol. The average Bonchev–Trinajstić information content (AvgIpc) is 2.29. The van der Waals surface area contributed by atoms with Crippen molar-refractivity contribution in [1.29, 1.82) is 0 Å². The number of hydrogen-bond acceptors (Lipinski definition) is 2. The Balaban J connectivity index is 2.83. The molecule has 0 amide bonds. The second-order valence-corrected chi connectivity index (χ2v) is 3.63. The predicted molar refractivity (Wildman–Crippen MR) is 65.1 cm³/mol. The summed E-state index contributed by atoms with van der Waals surface area (Å²) in [7, 11) is 3.43. The first-order valence-corrected chi connectivity index (χ1v) is 5.34. The van der Waals surface area contributed by atoms with Crippen LogP contribution in [-0.2, 0) is 0 Å². The van der Waals surface area contributed by atoms with Crippen molar-refractivity contribution in [2.24, 2.45) is 0 Å². The molecule has 0 fully saturated rings. The van der Waals surface area contributed by atoms with Gasteiger partial charge in [-0.05, 0) is 44.6 Å². The quantitative estimate of drug-likeness (QED) is 0.775. The van der Waals surface area contributed by atoms with E-state index < -0.39 is 0 Å². The lowest BCUT2D eigenvalue weighted by atomic mass is 10.1. The van der Waals surface area contributed by atoms with Gasteiger partial charge in [-0.3, -0.25) is 0 Å². The number of ether oxygens (including phenoxy) is 1. The third kappa shape index (κ3) is 3.35. The Kier molecular flexibility index (Phi) is 4.99. The Bertz CT molecular complexity index is 374. The Labute approximate surface area is 96.1 Å². The molecule has 0 aliphatic rings. The van der Waals surface area contributed by atoms with Crippen molar-refractivity contribution < 1.29 is 9.13 Å². The summed E-state index contributed by atoms with van der Waals surface area (Å²) in [4.78, 5) is 0. The van der Waals surface area contributed by atoms with Crippen molar-refractivity contribution in [2.45, 2.75) is 13.3 Å². The fraction of sp³-hybridized carbons (Fsp3) is 0.385. The van der Waals surface area contributed by atoms with Gasteiger partial charge in [0.05, 0.1) is 7.11 Å². The van der Waals surface area contributed by atoms with Crippen LogP contribution in [0.3, 0.4) is 0 Å². The van der Waals surface area contributed by atoms with Gasteiger partial charge in [-0.1, -0.05) is 6.08 Å². The first kappa shape index (κ1) is 12.7. The van der Waals surface area contributed by atoms with Crippen LogP contribution >= 0.6 is 0 Å². The van der Waals surface area contributed by atoms with E-state index in [2.05, 4.69) is 5.32 Å². The number of allylic oxidation sites excluding steroid dienone is 1. The van der Waals surface area contributed by atoms with Crippen LogP contribution in [0.25, 0.3) is 5.57 Å². The van der Waals surface area contributed by atoms with E-state index >= 15 is 0 Å². The lowest BCUT2D eigenvalue weighted by Gasteiger charge is -2.06. The zero-order valence-electron chi connectivity index (χ0n) is 10.0. The van der Waals surface area contributed by atoms with Gasteiger partial charge in [0.1, 0.15) is 11.6 Å². The molecule has 2 nitrogen and oxygen atoms in total. The summed E-state index contributed by atoms with van der Waals surface area (Å²) >= 11 is 0. The minimum Gasteiger partial charge on any atom is -0.497 e. The maximum Gasteiger partial charge on any atom is 0.134 e. The van der Waals surface area contributed by atoms with Gasteiger partial charge in [-0.15, -0.1) is 0 Å². The molecule has 1 N–H and O–H groups in total. The molecule has 1 aromatic carbocycles. The molecule has 0 bridgehead atoms. The Morgan fingerprint density at radius 1 is 1.50 bits per heavy atom. The fourth-order valence-electron chi connectivity index (χ4n) is 1.49. The Morgan fingerprint density at radius 3 is 2.81 bits per heavy atom. The predicted octanol–water partition coefficient (Wildman–Crippen LogP) is 2.85. The molecule has 0 spiro atoms. The molecule has 16 heavy (non-hydrogen) atoms. The van der Waals surface area contributed by atoms with E-state index in [1.54, 1.807) is 12.1 Å². The average molecular weight is 223 g/mol. The van der Waals surface area contributed by atoms with Crippen LogP contribution < -0.4 is 10.1 Å². The smallest absolute Gasteiger partial charge is 0.134 e. The van der Waals surface area contributed by atoms with Crippen molar-refractivity contribution in [3.63, 3.8) is 0 Å². The van der Waals surface area contributed by atoms with Gasteiger partial charge in [0.15, 0.2) is 0 Å². The van der Waals surface area contributed by atoms with Crippen molar-refractivity contribution in [2.75, 3.05) is 20.7 Å². The van der Waals surface area contributed by atoms with Crippen molar-refractivity contribution >= 4 is 5.57 Å². The van der Waals surface area contributed by atoms with E-state index in [9.17, 15) is 4.39 Å². The van der Waals surface area contributed by atoms with Crippen LogP contribution in [0.4, 0.5) is 4.39 Å². The van der Waals surface area contributed by atoms with Gasteiger partial charge < -0.3 is 10.1 Å². The van der Waals surface area contributed by atoms with Crippen LogP contribution in [0.2, 0.25) is 0 Å². The highest BCUT2D eigenvalue weighted by atomic mass is 19.1. The first-order valence-electron chi connectivity index (χ1n) is 5.34. The van der Waals surface area contributed by atoms with Gasteiger partial charge >= 0.3 is 0 Å². The second-order valence-electron chi connectivity index (χ2n) is 3.63. The lowest BCUT2D eigenvalue weighted by molar-refractivity contribution is 0.411. The van der Waals surface area contributed by atoms with E-state index in [-0.39, 0.29) is 5.82 Å². The van der Waals surface area contributed by atoms with Crippen LogP contribution in [0.15, 0.2) is 24.3 Å². The van der Waals surface area contributed by atoms with Gasteiger partial charge in [0.25, 0.3) is 0 Å². The van der Waals surface area contributed by atoms with Gasteiger partial charge in [0, 0.05) is 11.6 Å². The number of methoxy groups -OCH3 is 1. The highest BCUT2D eigenvalue weighted by molar-refractivity contribution is 5.64. The van der Waals surface area contributed by atoms with Crippen molar-refractivity contribution in [3.8, 4) is 5.75 Å². The number of hydrogen-bond donors (Lipinski definition) is 1. The summed E-state index contributed by atoms with van der Waals surface area (Å²) in [6.45, 7) is 2.82. The molecule has 0 heterocycles. The SMILES string of the molecule is CNCC/C=C(/C)c1ccc(OC)cc1F. The molecule has 1 rings (SSSR count). The summed E-state index contributed by atoms with van der Waals surface area (Å²) in [5, 5.41) is 3.05. The molecule has 88 valence electrons. The standard InChI is InChI=1S/C13H18FNO/c1-10(5-4-8-15-2)12-7-6-11(16-3)9-13(12)14/h5-7,9,15H,4,8H2,1-3H3/b10-5-. The highest BCUT2D eigenvalue weighted by Gasteiger charge is 2.05. The topological polar surface area (TPSA) is 21.3 Å². The largest absolute Gasteiger partial charge is 0.497 e. The number of benzene rings is 1. The Hall–Kier alpha value is -1.35. The van der Waals surface area contributed by atoms with Crippen molar-refractivity contribution in [1.82, 2.24) is 5.32 Å². The molecular weight excluding hydrogens is 205 g/mol. The van der Waals surface area contributed by atoms with E-state index in [1.807, 2.05) is 20.0 Å². The number of rotatable bonds is 5. The van der Waals surface area contributed by atoms with Gasteiger partial charge in [-0.25, -0.2) is 4.39 Å². The van der Waals surface area contributed by atoms with Crippen LogP contribution in [0.1, 0.15) is 18.9 Å². The van der Waals surface area contributed by atoms with E-state index in [0.717, 1.165) is 18.5 Å². The molecule has 0 saturated heterocycles. The van der Waals surface area contributed by atoms with E-state index in [4.69, 9.17) is 4.74 Å². The van der Waals surface area contributed by atoms with Crippen LogP contribution in [0, 0.1) is 5.82 Å². The van der Waals surface area contributed by atoms with E-state index in [0.29, 0.717) is 11.3 Å². The molecule has 0 aliphatic carbocycles. The molecule has 0 atom stereocenters. The second kappa shape index (κ2) is 6.28. The summed E-state index contributed by atoms with van der Waals surface area (Å²) in [5.74, 6) is 0.307. The van der Waals surface area contributed by atoms with E-state index in [1.165, 1.54) is 13.2 Å². The third-order valence-electron chi connectivity index (χ3n) is 2.45. The normalized spacial score (nSPS) is 11.6. The molecule has 0 radical (unpaired) electrons. The summed E-state index contributed by atoms with van der Waals surface area (Å²) in [6.07, 6.45) is 2.93. The fourth-order valence-corrected chi connectivity index (χ4v) is 1.49. The van der Waals surface area contributed by atoms with Gasteiger partial charge in [-0.2, -0.15) is 0 Å². The number of nitrogens with one attached hydrogen (secondary N) is 1. The highest BCUT2D eigenvalue weighted by Crippen LogP contribution is 2.22. The number of halogens is 1. The van der Waals surface area contributed by atoms with Crippen LogP contribution in [0.5, 0.6) is 5.75 Å². The summed E-state index contributed by atoms with van der Waals surface area (Å²) in [6, 6.07) is 4.93. The third-order valence-corrected chi connectivity index (χ3v) is 2.45. The molecule has 0 unspecified atom stereocenters. The zero-order chi connectivity index (χ0) is 12.0. The summed E-state index contributed by atoms with van der Waals surface area (Å²) < 4.78 is 18.6. The van der Waals surface area contributed by atoms with Crippen LogP contribution in [-0.4, -0.2) is 20.7 Å². The lowest BCUT2D eigenvalue weighted by Crippen LogP contribution is -2.06. The molecular formula is C13H18FNO. The minimum absolute atomic E-state index is 0.238.